The van der Waals surface area contributed by atoms with Crippen molar-refractivity contribution in [3.63, 3.8) is 0 Å². The Morgan fingerprint density at radius 3 is 2.79 bits per heavy atom. The van der Waals surface area contributed by atoms with Crippen LogP contribution in [0.25, 0.3) is 0 Å². The van der Waals surface area contributed by atoms with Crippen LogP contribution in [0.4, 0.5) is 0 Å². The summed E-state index contributed by atoms with van der Waals surface area (Å²) in [6.07, 6.45) is 3.43. The van der Waals surface area contributed by atoms with E-state index in [9.17, 15) is 4.79 Å². The maximum Gasteiger partial charge on any atom is 0.226 e. The molecule has 1 amide bonds. The van der Waals surface area contributed by atoms with E-state index in [1.807, 2.05) is 29.2 Å². The Morgan fingerprint density at radius 2 is 2.11 bits per heavy atom. The molecule has 1 fully saturated rings. The Labute approximate surface area is 120 Å². The van der Waals surface area contributed by atoms with Crippen LogP contribution < -0.4 is 0 Å². The third-order valence-electron chi connectivity index (χ3n) is 3.70. The zero-order valence-corrected chi connectivity index (χ0v) is 12.0. The Bertz CT molecular complexity index is 417. The molecule has 0 radical (unpaired) electrons. The summed E-state index contributed by atoms with van der Waals surface area (Å²) >= 11 is 4.24. The fourth-order valence-corrected chi connectivity index (χ4v) is 2.76. The Balaban J connectivity index is 1.90. The number of rotatable bonds is 4. The van der Waals surface area contributed by atoms with Gasteiger partial charge in [-0.15, -0.1) is 12.6 Å². The second-order valence-corrected chi connectivity index (χ2v) is 5.72. The van der Waals surface area contributed by atoms with Crippen LogP contribution in [0.2, 0.25) is 0 Å². The first-order valence-corrected chi connectivity index (χ1v) is 7.30. The fraction of sp³-hybridized carbons (Fsp3) is 0.533. The smallest absolute Gasteiger partial charge is 0.226 e. The van der Waals surface area contributed by atoms with Crippen molar-refractivity contribution in [1.82, 2.24) is 4.90 Å². The number of amides is 1. The summed E-state index contributed by atoms with van der Waals surface area (Å²) in [4.78, 5) is 15.1. The molecule has 3 nitrogen and oxygen atoms in total. The molecule has 19 heavy (non-hydrogen) atoms. The molecule has 1 aliphatic heterocycles. The van der Waals surface area contributed by atoms with Crippen LogP contribution in [-0.2, 0) is 11.2 Å². The largest absolute Gasteiger partial charge is 0.396 e. The van der Waals surface area contributed by atoms with Crippen LogP contribution >= 0.6 is 12.6 Å². The molecule has 1 N–H and O–H groups in total. The average molecular weight is 279 g/mol. The molecule has 0 spiro atoms. The van der Waals surface area contributed by atoms with E-state index in [4.69, 9.17) is 5.11 Å². The van der Waals surface area contributed by atoms with E-state index in [0.717, 1.165) is 42.8 Å². The first kappa shape index (κ1) is 14.4. The highest BCUT2D eigenvalue weighted by molar-refractivity contribution is 7.80. The summed E-state index contributed by atoms with van der Waals surface area (Å²) in [5.41, 5.74) is 1.03. The van der Waals surface area contributed by atoms with E-state index in [0.29, 0.717) is 12.3 Å². The molecule has 1 atom stereocenters. The van der Waals surface area contributed by atoms with Gasteiger partial charge in [0.1, 0.15) is 0 Å². The van der Waals surface area contributed by atoms with Crippen LogP contribution in [0.1, 0.15) is 24.8 Å². The van der Waals surface area contributed by atoms with E-state index in [1.54, 1.807) is 0 Å². The SMILES string of the molecule is O=C(Cc1ccc(S)cc1)N1CCCC(CCO)C1. The van der Waals surface area contributed by atoms with Crippen LogP contribution in [-0.4, -0.2) is 35.6 Å². The lowest BCUT2D eigenvalue weighted by atomic mass is 9.95. The lowest BCUT2D eigenvalue weighted by molar-refractivity contribution is -0.132. The maximum atomic E-state index is 12.2. The summed E-state index contributed by atoms with van der Waals surface area (Å²) in [5.74, 6) is 0.650. The van der Waals surface area contributed by atoms with Crippen LogP contribution in [0.3, 0.4) is 0 Å². The van der Waals surface area contributed by atoms with Crippen molar-refractivity contribution in [2.24, 2.45) is 5.92 Å². The van der Waals surface area contributed by atoms with Crippen molar-refractivity contribution in [2.75, 3.05) is 19.7 Å². The van der Waals surface area contributed by atoms with Gasteiger partial charge in [0, 0.05) is 24.6 Å². The molecule has 1 heterocycles. The van der Waals surface area contributed by atoms with Gasteiger partial charge in [-0.3, -0.25) is 4.79 Å². The highest BCUT2D eigenvalue weighted by Crippen LogP contribution is 2.20. The van der Waals surface area contributed by atoms with Crippen molar-refractivity contribution in [1.29, 1.82) is 0 Å². The van der Waals surface area contributed by atoms with Gasteiger partial charge >= 0.3 is 0 Å². The van der Waals surface area contributed by atoms with Gasteiger partial charge in [0.25, 0.3) is 0 Å². The monoisotopic (exact) mass is 279 g/mol. The highest BCUT2D eigenvalue weighted by Gasteiger charge is 2.23. The van der Waals surface area contributed by atoms with E-state index >= 15 is 0 Å². The molecule has 0 saturated carbocycles. The van der Waals surface area contributed by atoms with Gasteiger partial charge in [-0.25, -0.2) is 0 Å². The summed E-state index contributed by atoms with van der Waals surface area (Å²) in [6.45, 7) is 1.87. The highest BCUT2D eigenvalue weighted by atomic mass is 32.1. The number of aliphatic hydroxyl groups excluding tert-OH is 1. The molecule has 0 bridgehead atoms. The molecule has 1 saturated heterocycles. The first-order chi connectivity index (χ1) is 9.19. The zero-order chi connectivity index (χ0) is 13.7. The number of hydrogen-bond acceptors (Lipinski definition) is 3. The molecule has 1 aromatic carbocycles. The molecular weight excluding hydrogens is 258 g/mol. The number of nitrogens with zero attached hydrogens (tertiary/aromatic N) is 1. The molecule has 104 valence electrons. The number of aliphatic hydroxyl groups is 1. The average Bonchev–Trinajstić information content (AvgIpc) is 2.42. The molecule has 2 rings (SSSR count). The Morgan fingerprint density at radius 1 is 1.37 bits per heavy atom. The van der Waals surface area contributed by atoms with Gasteiger partial charge in [0.15, 0.2) is 0 Å². The number of carbonyl (C=O) groups excluding carboxylic acids is 1. The van der Waals surface area contributed by atoms with E-state index in [-0.39, 0.29) is 12.5 Å². The lowest BCUT2D eigenvalue weighted by Gasteiger charge is -2.32. The maximum absolute atomic E-state index is 12.2. The standard InChI is InChI=1S/C15H21NO2S/c17-9-7-13-2-1-8-16(11-13)15(18)10-12-3-5-14(19)6-4-12/h3-6,13,17,19H,1-2,7-11H2. The summed E-state index contributed by atoms with van der Waals surface area (Å²) < 4.78 is 0. The summed E-state index contributed by atoms with van der Waals surface area (Å²) in [7, 11) is 0. The normalized spacial score (nSPS) is 19.5. The molecule has 0 aliphatic carbocycles. The number of thiol groups is 1. The second-order valence-electron chi connectivity index (χ2n) is 5.20. The topological polar surface area (TPSA) is 40.5 Å². The van der Waals surface area contributed by atoms with Crippen molar-refractivity contribution in [3.05, 3.63) is 29.8 Å². The molecule has 1 aliphatic rings. The van der Waals surface area contributed by atoms with Gasteiger partial charge in [-0.1, -0.05) is 12.1 Å². The molecular formula is C15H21NO2S. The predicted molar refractivity (Wildman–Crippen MR) is 78.4 cm³/mol. The third kappa shape index (κ3) is 4.25. The van der Waals surface area contributed by atoms with Crippen molar-refractivity contribution in [2.45, 2.75) is 30.6 Å². The Kier molecular flexibility index (Phi) is 5.28. The van der Waals surface area contributed by atoms with Gasteiger partial charge in [0.2, 0.25) is 5.91 Å². The van der Waals surface area contributed by atoms with Crippen molar-refractivity contribution < 1.29 is 9.90 Å². The lowest BCUT2D eigenvalue weighted by Crippen LogP contribution is -2.40. The first-order valence-electron chi connectivity index (χ1n) is 6.85. The summed E-state index contributed by atoms with van der Waals surface area (Å²) in [5, 5.41) is 8.99. The molecule has 0 aromatic heterocycles. The predicted octanol–water partition coefficient (Wildman–Crippen LogP) is 2.14. The number of benzene rings is 1. The van der Waals surface area contributed by atoms with Crippen LogP contribution in [0.5, 0.6) is 0 Å². The zero-order valence-electron chi connectivity index (χ0n) is 11.1. The second kappa shape index (κ2) is 6.96. The Hall–Kier alpha value is -1.00. The van der Waals surface area contributed by atoms with E-state index in [2.05, 4.69) is 12.6 Å². The van der Waals surface area contributed by atoms with Crippen LogP contribution in [0, 0.1) is 5.92 Å². The minimum absolute atomic E-state index is 0.189. The van der Waals surface area contributed by atoms with E-state index in [1.165, 1.54) is 0 Å². The van der Waals surface area contributed by atoms with E-state index < -0.39 is 0 Å². The molecule has 1 aromatic rings. The van der Waals surface area contributed by atoms with Gasteiger partial charge in [0.05, 0.1) is 6.42 Å². The van der Waals surface area contributed by atoms with Crippen LogP contribution in [0.15, 0.2) is 29.2 Å². The van der Waals surface area contributed by atoms with Crippen molar-refractivity contribution >= 4 is 18.5 Å². The minimum Gasteiger partial charge on any atom is -0.396 e. The molecule has 4 heteroatoms. The minimum atomic E-state index is 0.189. The summed E-state index contributed by atoms with van der Waals surface area (Å²) in [6, 6.07) is 7.73. The van der Waals surface area contributed by atoms with Gasteiger partial charge < -0.3 is 10.0 Å². The number of piperidine rings is 1. The van der Waals surface area contributed by atoms with Gasteiger partial charge in [-0.2, -0.15) is 0 Å². The van der Waals surface area contributed by atoms with Gasteiger partial charge in [-0.05, 0) is 42.9 Å². The third-order valence-corrected chi connectivity index (χ3v) is 4.00. The number of hydrogen-bond donors (Lipinski definition) is 2. The van der Waals surface area contributed by atoms with Crippen molar-refractivity contribution in [3.8, 4) is 0 Å². The fourth-order valence-electron chi connectivity index (χ4n) is 2.61. The quantitative estimate of drug-likeness (QED) is 0.829. The molecule has 1 unspecified atom stereocenters. The number of carbonyl (C=O) groups is 1. The number of likely N-dealkylation sites (tertiary alicyclic amines) is 1.